The van der Waals surface area contributed by atoms with E-state index in [2.05, 4.69) is 32.9 Å². The molecule has 0 saturated heterocycles. The molecule has 0 spiro atoms. The fourth-order valence-corrected chi connectivity index (χ4v) is 2.89. The number of nitrogens with one attached hydrogen (secondary N) is 1. The lowest BCUT2D eigenvalue weighted by molar-refractivity contribution is 0.0950. The summed E-state index contributed by atoms with van der Waals surface area (Å²) in [6.45, 7) is 2.43. The molecule has 0 radical (unpaired) electrons. The van der Waals surface area contributed by atoms with Crippen LogP contribution in [0.15, 0.2) is 23.7 Å². The number of aryl methyl sites for hydroxylation is 1. The number of rotatable bonds is 3. The molecule has 0 aliphatic heterocycles. The molecule has 0 aliphatic rings. The highest BCUT2D eigenvalue weighted by Crippen LogP contribution is 2.18. The minimum atomic E-state index is -0.116. The molecule has 1 heterocycles. The quantitative estimate of drug-likeness (QED) is 0.810. The number of nitrogens with zero attached hydrogens (tertiary/aromatic N) is 1. The predicted octanol–water partition coefficient (Wildman–Crippen LogP) is 3.64. The van der Waals surface area contributed by atoms with Gasteiger partial charge in [0.1, 0.15) is 0 Å². The Hall–Kier alpha value is -0.660. The summed E-state index contributed by atoms with van der Waals surface area (Å²) >= 11 is 9.56. The zero-order valence-corrected chi connectivity index (χ0v) is 13.3. The smallest absolute Gasteiger partial charge is 0.252 e. The largest absolute Gasteiger partial charge is 0.347 e. The molecule has 2 aromatic rings. The van der Waals surface area contributed by atoms with Crippen molar-refractivity contribution in [2.24, 2.45) is 0 Å². The fraction of sp³-hybridized carbons (Fsp3) is 0.167. The first-order valence-electron chi connectivity index (χ1n) is 5.20. The summed E-state index contributed by atoms with van der Waals surface area (Å²) in [7, 11) is 0. The van der Waals surface area contributed by atoms with Crippen LogP contribution in [0.2, 0.25) is 5.02 Å². The van der Waals surface area contributed by atoms with Crippen LogP contribution in [0.3, 0.4) is 0 Å². The lowest BCUT2D eigenvalue weighted by Crippen LogP contribution is -2.23. The molecule has 1 aromatic heterocycles. The molecule has 0 aliphatic carbocycles. The summed E-state index contributed by atoms with van der Waals surface area (Å²) in [5.74, 6) is -0.116. The normalized spacial score (nSPS) is 10.4. The summed E-state index contributed by atoms with van der Waals surface area (Å²) in [5, 5.41) is 3.44. The van der Waals surface area contributed by atoms with Crippen molar-refractivity contribution in [3.05, 3.63) is 48.4 Å². The second-order valence-corrected chi connectivity index (χ2v) is 6.21. The number of benzene rings is 1. The number of aromatic nitrogens is 1. The summed E-state index contributed by atoms with van der Waals surface area (Å²) in [6.07, 6.45) is 0. The molecule has 94 valence electrons. The average molecular weight is 393 g/mol. The molecule has 0 bridgehead atoms. The van der Waals surface area contributed by atoms with Crippen LogP contribution in [-0.2, 0) is 6.54 Å². The van der Waals surface area contributed by atoms with Crippen molar-refractivity contribution in [3.63, 3.8) is 0 Å². The van der Waals surface area contributed by atoms with Crippen LogP contribution in [0.25, 0.3) is 0 Å². The molecule has 0 unspecified atom stereocenters. The third-order valence-corrected chi connectivity index (χ3v) is 4.54. The molecule has 6 heteroatoms. The molecule has 1 amide bonds. The second kappa shape index (κ2) is 5.99. The van der Waals surface area contributed by atoms with Crippen LogP contribution < -0.4 is 5.32 Å². The van der Waals surface area contributed by atoms with Gasteiger partial charge in [0.25, 0.3) is 5.91 Å². The molecular formula is C12H10ClIN2OS. The Kier molecular flexibility index (Phi) is 4.58. The zero-order valence-electron chi connectivity index (χ0n) is 9.54. The van der Waals surface area contributed by atoms with E-state index in [-0.39, 0.29) is 5.91 Å². The number of carbonyl (C=O) groups is 1. The molecule has 1 N–H and O–H groups in total. The van der Waals surface area contributed by atoms with Gasteiger partial charge in [-0.3, -0.25) is 4.79 Å². The highest BCUT2D eigenvalue weighted by atomic mass is 127. The minimum absolute atomic E-state index is 0.116. The van der Waals surface area contributed by atoms with Crippen LogP contribution in [0, 0.1) is 10.5 Å². The number of halogens is 2. The van der Waals surface area contributed by atoms with Crippen LogP contribution in [-0.4, -0.2) is 10.9 Å². The molecule has 3 nitrogen and oxygen atoms in total. The molecule has 2 rings (SSSR count). The monoisotopic (exact) mass is 392 g/mol. The molecule has 18 heavy (non-hydrogen) atoms. The van der Waals surface area contributed by atoms with E-state index in [4.69, 9.17) is 11.6 Å². The summed E-state index contributed by atoms with van der Waals surface area (Å²) in [4.78, 5) is 17.2. The van der Waals surface area contributed by atoms with Crippen molar-refractivity contribution < 1.29 is 4.79 Å². The minimum Gasteiger partial charge on any atom is -0.347 e. The van der Waals surface area contributed by atoms with Crippen molar-refractivity contribution in [2.45, 2.75) is 13.5 Å². The van der Waals surface area contributed by atoms with Crippen molar-refractivity contribution in [1.29, 1.82) is 0 Å². The Labute approximate surface area is 128 Å². The second-order valence-electron chi connectivity index (χ2n) is 3.67. The van der Waals surface area contributed by atoms with E-state index >= 15 is 0 Å². The average Bonchev–Trinajstić information content (AvgIpc) is 2.75. The zero-order chi connectivity index (χ0) is 13.1. The van der Waals surface area contributed by atoms with E-state index in [0.717, 1.165) is 14.1 Å². The summed E-state index contributed by atoms with van der Waals surface area (Å²) in [6, 6.07) is 5.28. The van der Waals surface area contributed by atoms with Gasteiger partial charge < -0.3 is 5.32 Å². The molecule has 0 fully saturated rings. The number of hydrogen-bond donors (Lipinski definition) is 1. The first-order chi connectivity index (χ1) is 8.58. The Morgan fingerprint density at radius 3 is 3.00 bits per heavy atom. The van der Waals surface area contributed by atoms with E-state index in [1.54, 1.807) is 29.0 Å². The lowest BCUT2D eigenvalue weighted by Gasteiger charge is -2.06. The van der Waals surface area contributed by atoms with Crippen LogP contribution >= 0.6 is 45.5 Å². The standard InChI is InChI=1S/C12H10ClIN2OS/c1-7-11(18-6-16-7)5-15-12(17)9-4-8(13)2-3-10(9)14/h2-4,6H,5H2,1H3,(H,15,17). The van der Waals surface area contributed by atoms with E-state index in [1.165, 1.54) is 0 Å². The van der Waals surface area contributed by atoms with E-state index in [0.29, 0.717) is 17.1 Å². The number of carbonyl (C=O) groups excluding carboxylic acids is 1. The van der Waals surface area contributed by atoms with Crippen LogP contribution in [0.1, 0.15) is 20.9 Å². The van der Waals surface area contributed by atoms with Crippen molar-refractivity contribution >= 4 is 51.4 Å². The Morgan fingerprint density at radius 1 is 1.56 bits per heavy atom. The highest BCUT2D eigenvalue weighted by molar-refractivity contribution is 14.1. The summed E-state index contributed by atoms with van der Waals surface area (Å²) in [5.41, 5.74) is 3.34. The van der Waals surface area contributed by atoms with Gasteiger partial charge in [0.05, 0.1) is 23.3 Å². The van der Waals surface area contributed by atoms with Gasteiger partial charge in [0, 0.05) is 13.5 Å². The topological polar surface area (TPSA) is 42.0 Å². The maximum absolute atomic E-state index is 12.0. The van der Waals surface area contributed by atoms with E-state index in [9.17, 15) is 4.79 Å². The van der Waals surface area contributed by atoms with Crippen molar-refractivity contribution in [2.75, 3.05) is 0 Å². The Balaban J connectivity index is 2.08. The van der Waals surface area contributed by atoms with Gasteiger partial charge >= 0.3 is 0 Å². The molecule has 1 aromatic carbocycles. The van der Waals surface area contributed by atoms with Gasteiger partial charge in [0.15, 0.2) is 0 Å². The summed E-state index contributed by atoms with van der Waals surface area (Å²) < 4.78 is 0.885. The number of hydrogen-bond acceptors (Lipinski definition) is 3. The van der Waals surface area contributed by atoms with Gasteiger partial charge in [-0.2, -0.15) is 0 Å². The number of amides is 1. The first kappa shape index (κ1) is 13.8. The van der Waals surface area contributed by atoms with Gasteiger partial charge in [0.2, 0.25) is 0 Å². The van der Waals surface area contributed by atoms with Crippen LogP contribution in [0.5, 0.6) is 0 Å². The van der Waals surface area contributed by atoms with E-state index < -0.39 is 0 Å². The van der Waals surface area contributed by atoms with Crippen molar-refractivity contribution in [1.82, 2.24) is 10.3 Å². The van der Waals surface area contributed by atoms with Crippen molar-refractivity contribution in [3.8, 4) is 0 Å². The Morgan fingerprint density at radius 2 is 2.33 bits per heavy atom. The van der Waals surface area contributed by atoms with Gasteiger partial charge in [-0.1, -0.05) is 11.6 Å². The SMILES string of the molecule is Cc1ncsc1CNC(=O)c1cc(Cl)ccc1I. The van der Waals surface area contributed by atoms with Crippen LogP contribution in [0.4, 0.5) is 0 Å². The van der Waals surface area contributed by atoms with E-state index in [1.807, 2.05) is 13.0 Å². The molecular weight excluding hydrogens is 383 g/mol. The predicted molar refractivity (Wildman–Crippen MR) is 82.2 cm³/mol. The van der Waals surface area contributed by atoms with Gasteiger partial charge in [-0.25, -0.2) is 4.98 Å². The first-order valence-corrected chi connectivity index (χ1v) is 7.54. The highest BCUT2D eigenvalue weighted by Gasteiger charge is 2.11. The third kappa shape index (κ3) is 3.21. The maximum atomic E-state index is 12.0. The molecule has 0 atom stereocenters. The maximum Gasteiger partial charge on any atom is 0.252 e. The van der Waals surface area contributed by atoms with Gasteiger partial charge in [-0.15, -0.1) is 11.3 Å². The lowest BCUT2D eigenvalue weighted by atomic mass is 10.2. The number of thiazole rings is 1. The Bertz CT molecular complexity index is 585. The fourth-order valence-electron chi connectivity index (χ4n) is 1.42. The van der Waals surface area contributed by atoms with Gasteiger partial charge in [-0.05, 0) is 47.7 Å². The third-order valence-electron chi connectivity index (χ3n) is 2.43. The molecule has 0 saturated carbocycles.